The van der Waals surface area contributed by atoms with Crippen molar-refractivity contribution in [1.82, 2.24) is 29.5 Å². The van der Waals surface area contributed by atoms with E-state index in [2.05, 4.69) is 29.2 Å². The molecule has 0 fully saturated rings. The van der Waals surface area contributed by atoms with Crippen LogP contribution in [0.2, 0.25) is 0 Å². The molecule has 0 radical (unpaired) electrons. The van der Waals surface area contributed by atoms with Gasteiger partial charge in [0.15, 0.2) is 10.8 Å². The van der Waals surface area contributed by atoms with E-state index in [1.54, 1.807) is 15.4 Å². The number of fused-ring (bicyclic) bond motifs is 2. The molecule has 31 heavy (non-hydrogen) atoms. The summed E-state index contributed by atoms with van der Waals surface area (Å²) in [6, 6.07) is 7.69. The molecule has 1 aliphatic rings. The summed E-state index contributed by atoms with van der Waals surface area (Å²) >= 11 is 1.52. The highest BCUT2D eigenvalue weighted by Gasteiger charge is 2.29. The molecule has 164 valence electrons. The fourth-order valence-corrected chi connectivity index (χ4v) is 5.07. The molecule has 0 aliphatic carbocycles. The molecule has 2 aromatic heterocycles. The van der Waals surface area contributed by atoms with Crippen LogP contribution in [-0.2, 0) is 4.79 Å². The monoisotopic (exact) mass is 440 g/mol. The average molecular weight is 441 g/mol. The summed E-state index contributed by atoms with van der Waals surface area (Å²) in [4.78, 5) is 32.7. The highest BCUT2D eigenvalue weighted by molar-refractivity contribution is 7.99. The predicted octanol–water partition coefficient (Wildman–Crippen LogP) is 2.39. The van der Waals surface area contributed by atoms with E-state index in [0.29, 0.717) is 28.5 Å². The molecule has 1 atom stereocenters. The normalized spacial score (nSPS) is 15.5. The Morgan fingerprint density at radius 2 is 2.06 bits per heavy atom. The van der Waals surface area contributed by atoms with Gasteiger partial charge in [0.05, 0.1) is 17.9 Å². The Morgan fingerprint density at radius 1 is 1.29 bits per heavy atom. The van der Waals surface area contributed by atoms with Crippen LogP contribution in [0.15, 0.2) is 40.4 Å². The molecule has 1 unspecified atom stereocenters. The van der Waals surface area contributed by atoms with E-state index in [-0.39, 0.29) is 23.9 Å². The highest BCUT2D eigenvalue weighted by atomic mass is 32.2. The summed E-state index contributed by atoms with van der Waals surface area (Å²) in [5.41, 5.74) is 2.39. The number of benzene rings is 1. The van der Waals surface area contributed by atoms with E-state index in [0.717, 1.165) is 30.9 Å². The molecule has 9 heteroatoms. The molecule has 0 spiro atoms. The first-order chi connectivity index (χ1) is 15.0. The first-order valence-electron chi connectivity index (χ1n) is 10.7. The number of nitrogens with one attached hydrogen (secondary N) is 1. The van der Waals surface area contributed by atoms with Crippen molar-refractivity contribution in [2.24, 2.45) is 0 Å². The number of para-hydroxylation sites is 1. The number of amides is 1. The van der Waals surface area contributed by atoms with Gasteiger partial charge in [-0.2, -0.15) is 5.10 Å². The van der Waals surface area contributed by atoms with Gasteiger partial charge in [-0.15, -0.1) is 0 Å². The number of aryl methyl sites for hydroxylation is 1. The Morgan fingerprint density at radius 3 is 2.81 bits per heavy atom. The van der Waals surface area contributed by atoms with E-state index in [1.165, 1.54) is 11.8 Å². The lowest BCUT2D eigenvalue weighted by molar-refractivity contribution is -0.121. The van der Waals surface area contributed by atoms with Crippen molar-refractivity contribution in [3.63, 3.8) is 0 Å². The predicted molar refractivity (Wildman–Crippen MR) is 123 cm³/mol. The van der Waals surface area contributed by atoms with Crippen molar-refractivity contribution in [3.8, 4) is 5.69 Å². The lowest BCUT2D eigenvalue weighted by atomic mass is 10.2. The Balaban J connectivity index is 1.55. The van der Waals surface area contributed by atoms with Crippen LogP contribution in [0.5, 0.6) is 0 Å². The molecular weight excluding hydrogens is 412 g/mol. The minimum atomic E-state index is -0.195. The molecule has 8 nitrogen and oxygen atoms in total. The molecule has 1 N–H and O–H groups in total. The zero-order valence-corrected chi connectivity index (χ0v) is 19.0. The van der Waals surface area contributed by atoms with E-state index < -0.39 is 0 Å². The van der Waals surface area contributed by atoms with E-state index in [9.17, 15) is 9.59 Å². The van der Waals surface area contributed by atoms with Crippen LogP contribution >= 0.6 is 11.8 Å². The van der Waals surface area contributed by atoms with Gasteiger partial charge in [0, 0.05) is 25.3 Å². The summed E-state index contributed by atoms with van der Waals surface area (Å²) in [7, 11) is 0. The van der Waals surface area contributed by atoms with E-state index in [4.69, 9.17) is 4.98 Å². The van der Waals surface area contributed by atoms with Gasteiger partial charge in [-0.1, -0.05) is 43.8 Å². The van der Waals surface area contributed by atoms with Crippen LogP contribution in [0.1, 0.15) is 31.9 Å². The minimum Gasteiger partial charge on any atom is -0.355 e. The third-order valence-corrected chi connectivity index (χ3v) is 6.88. The molecule has 0 bridgehead atoms. The molecule has 3 heterocycles. The maximum atomic E-state index is 13.2. The largest absolute Gasteiger partial charge is 0.355 e. The Bertz CT molecular complexity index is 1150. The topological polar surface area (TPSA) is 85.1 Å². The fraction of sp³-hybridized carbons (Fsp3) is 0.455. The molecular formula is C22H28N6O2S. The third-order valence-electron chi connectivity index (χ3n) is 5.78. The van der Waals surface area contributed by atoms with Gasteiger partial charge in [-0.3, -0.25) is 14.2 Å². The van der Waals surface area contributed by atoms with Crippen molar-refractivity contribution in [1.29, 1.82) is 0 Å². The molecule has 0 saturated heterocycles. The van der Waals surface area contributed by atoms with Gasteiger partial charge in [0.1, 0.15) is 5.39 Å². The van der Waals surface area contributed by atoms with E-state index >= 15 is 0 Å². The number of hydrogen-bond acceptors (Lipinski definition) is 6. The minimum absolute atomic E-state index is 0.0341. The van der Waals surface area contributed by atoms with Crippen LogP contribution in [-0.4, -0.2) is 62.1 Å². The van der Waals surface area contributed by atoms with Gasteiger partial charge >= 0.3 is 0 Å². The zero-order valence-electron chi connectivity index (χ0n) is 18.2. The molecule has 1 amide bonds. The van der Waals surface area contributed by atoms with Gasteiger partial charge in [-0.05, 0) is 31.6 Å². The number of hydrogen-bond donors (Lipinski definition) is 1. The summed E-state index contributed by atoms with van der Waals surface area (Å²) in [5, 5.41) is 8.54. The van der Waals surface area contributed by atoms with Gasteiger partial charge in [0.2, 0.25) is 5.91 Å². The van der Waals surface area contributed by atoms with E-state index in [1.807, 2.05) is 31.2 Å². The zero-order chi connectivity index (χ0) is 22.0. The maximum Gasteiger partial charge on any atom is 0.265 e. The van der Waals surface area contributed by atoms with Crippen molar-refractivity contribution in [2.45, 2.75) is 38.4 Å². The summed E-state index contributed by atoms with van der Waals surface area (Å²) in [6.45, 7) is 9.60. The van der Waals surface area contributed by atoms with Crippen molar-refractivity contribution in [3.05, 3.63) is 46.4 Å². The second kappa shape index (κ2) is 9.23. The Kier molecular flexibility index (Phi) is 6.43. The molecule has 1 aromatic carbocycles. The number of thioether (sulfide) groups is 1. The van der Waals surface area contributed by atoms with Crippen molar-refractivity contribution >= 4 is 28.7 Å². The smallest absolute Gasteiger partial charge is 0.265 e. The second-order valence-electron chi connectivity index (χ2n) is 7.70. The number of nitrogens with zero attached hydrogens (tertiary/aromatic N) is 5. The summed E-state index contributed by atoms with van der Waals surface area (Å²) < 4.78 is 3.39. The van der Waals surface area contributed by atoms with Gasteiger partial charge < -0.3 is 10.2 Å². The lowest BCUT2D eigenvalue weighted by Gasteiger charge is -2.18. The van der Waals surface area contributed by atoms with Crippen LogP contribution in [0.4, 0.5) is 0 Å². The van der Waals surface area contributed by atoms with Crippen LogP contribution in [0.25, 0.3) is 16.7 Å². The van der Waals surface area contributed by atoms with Crippen molar-refractivity contribution in [2.75, 3.05) is 31.9 Å². The SMILES string of the molecule is CCN(CC)CCNC(=O)CC1CSc2nc3c(cnn3-c3ccccc3C)c(=O)n21. The fourth-order valence-electron chi connectivity index (χ4n) is 3.94. The van der Waals surface area contributed by atoms with Crippen LogP contribution < -0.4 is 10.9 Å². The number of carbonyl (C=O) groups excluding carboxylic acids is 1. The number of likely N-dealkylation sites (N-methyl/N-ethyl adjacent to an activating group) is 1. The third kappa shape index (κ3) is 4.24. The molecule has 4 rings (SSSR count). The Labute approximate surface area is 185 Å². The summed E-state index contributed by atoms with van der Waals surface area (Å²) in [6.07, 6.45) is 1.85. The lowest BCUT2D eigenvalue weighted by Crippen LogP contribution is -2.36. The molecule has 1 aliphatic heterocycles. The maximum absolute atomic E-state index is 13.2. The molecule has 3 aromatic rings. The second-order valence-corrected chi connectivity index (χ2v) is 8.68. The number of carbonyl (C=O) groups is 1. The first-order valence-corrected chi connectivity index (χ1v) is 11.7. The highest BCUT2D eigenvalue weighted by Crippen LogP contribution is 2.33. The first kappa shape index (κ1) is 21.6. The van der Waals surface area contributed by atoms with Crippen LogP contribution in [0.3, 0.4) is 0 Å². The quantitative estimate of drug-likeness (QED) is 0.542. The van der Waals surface area contributed by atoms with Gasteiger partial charge in [0.25, 0.3) is 5.56 Å². The number of aromatic nitrogens is 4. The number of rotatable bonds is 8. The molecule has 0 saturated carbocycles. The average Bonchev–Trinajstić information content (AvgIpc) is 3.37. The summed E-state index contributed by atoms with van der Waals surface area (Å²) in [5.74, 6) is 0.629. The Hall–Kier alpha value is -2.65. The van der Waals surface area contributed by atoms with Gasteiger partial charge in [-0.25, -0.2) is 9.67 Å². The van der Waals surface area contributed by atoms with Crippen molar-refractivity contribution < 1.29 is 4.79 Å². The van der Waals surface area contributed by atoms with Crippen LogP contribution in [0, 0.1) is 6.92 Å². The standard InChI is InChI=1S/C22H28N6O2S/c1-4-26(5-2)11-10-23-19(29)12-16-14-31-22-25-20-17(21(30)27(16)22)13-24-28(20)18-9-7-6-8-15(18)3/h6-9,13,16H,4-5,10-12,14H2,1-3H3,(H,23,29).